The van der Waals surface area contributed by atoms with E-state index in [0.29, 0.717) is 11.4 Å². The molecule has 0 heterocycles. The SMILES string of the molecule is CN(C)Nc1cc(F)c(Cl)cc1N. The molecule has 0 atom stereocenters. The summed E-state index contributed by atoms with van der Waals surface area (Å²) in [6.45, 7) is 0. The number of hydrogen-bond acceptors (Lipinski definition) is 3. The Balaban J connectivity index is 3.01. The maximum atomic E-state index is 13.0. The van der Waals surface area contributed by atoms with Crippen molar-refractivity contribution >= 4 is 23.0 Å². The van der Waals surface area contributed by atoms with Crippen LogP contribution in [0.1, 0.15) is 0 Å². The van der Waals surface area contributed by atoms with Crippen LogP contribution in [0.3, 0.4) is 0 Å². The van der Waals surface area contributed by atoms with Gasteiger partial charge in [0.15, 0.2) is 0 Å². The molecule has 1 aromatic carbocycles. The van der Waals surface area contributed by atoms with Crippen molar-refractivity contribution in [3.05, 3.63) is 23.0 Å². The molecule has 0 unspecified atom stereocenters. The van der Waals surface area contributed by atoms with Gasteiger partial charge < -0.3 is 11.2 Å². The second-order valence-corrected chi connectivity index (χ2v) is 3.27. The van der Waals surface area contributed by atoms with Crippen molar-refractivity contribution in [3.63, 3.8) is 0 Å². The largest absolute Gasteiger partial charge is 0.397 e. The molecule has 72 valence electrons. The second kappa shape index (κ2) is 3.81. The number of nitrogens with zero attached hydrogens (tertiary/aromatic N) is 1. The van der Waals surface area contributed by atoms with Crippen LogP contribution >= 0.6 is 11.6 Å². The third-order valence-corrected chi connectivity index (χ3v) is 1.73. The summed E-state index contributed by atoms with van der Waals surface area (Å²) in [4.78, 5) is 0. The highest BCUT2D eigenvalue weighted by molar-refractivity contribution is 6.31. The smallest absolute Gasteiger partial charge is 0.144 e. The zero-order valence-corrected chi connectivity index (χ0v) is 8.19. The second-order valence-electron chi connectivity index (χ2n) is 2.86. The van der Waals surface area contributed by atoms with E-state index in [1.165, 1.54) is 12.1 Å². The van der Waals surface area contributed by atoms with E-state index in [0.717, 1.165) is 0 Å². The monoisotopic (exact) mass is 203 g/mol. The summed E-state index contributed by atoms with van der Waals surface area (Å²) >= 11 is 5.53. The minimum Gasteiger partial charge on any atom is -0.397 e. The van der Waals surface area contributed by atoms with E-state index in [9.17, 15) is 4.39 Å². The first kappa shape index (κ1) is 10.1. The molecule has 0 fully saturated rings. The molecular weight excluding hydrogens is 193 g/mol. The molecule has 0 bridgehead atoms. The van der Waals surface area contributed by atoms with E-state index < -0.39 is 5.82 Å². The zero-order chi connectivity index (χ0) is 10.0. The number of halogens is 2. The Bertz CT molecular complexity index is 315. The highest BCUT2D eigenvalue weighted by Crippen LogP contribution is 2.25. The van der Waals surface area contributed by atoms with Crippen molar-refractivity contribution in [1.82, 2.24) is 5.01 Å². The Morgan fingerprint density at radius 2 is 2.08 bits per heavy atom. The van der Waals surface area contributed by atoms with Crippen molar-refractivity contribution in [2.75, 3.05) is 25.3 Å². The van der Waals surface area contributed by atoms with Gasteiger partial charge in [0.05, 0.1) is 16.4 Å². The van der Waals surface area contributed by atoms with Gasteiger partial charge in [0.1, 0.15) is 5.82 Å². The van der Waals surface area contributed by atoms with Crippen LogP contribution in [0.4, 0.5) is 15.8 Å². The minimum atomic E-state index is -0.486. The van der Waals surface area contributed by atoms with Crippen LogP contribution in [-0.4, -0.2) is 19.1 Å². The maximum Gasteiger partial charge on any atom is 0.144 e. The number of hydrazine groups is 1. The predicted octanol–water partition coefficient (Wildman–Crippen LogP) is 1.95. The summed E-state index contributed by atoms with van der Waals surface area (Å²) < 4.78 is 13.0. The van der Waals surface area contributed by atoms with Gasteiger partial charge in [-0.25, -0.2) is 9.40 Å². The number of nitrogens with one attached hydrogen (secondary N) is 1. The molecule has 1 aromatic rings. The van der Waals surface area contributed by atoms with Crippen molar-refractivity contribution in [1.29, 1.82) is 0 Å². The molecule has 0 radical (unpaired) electrons. The number of rotatable bonds is 2. The summed E-state index contributed by atoms with van der Waals surface area (Å²) in [5, 5.41) is 1.70. The third-order valence-electron chi connectivity index (χ3n) is 1.44. The molecule has 0 aliphatic carbocycles. The molecule has 3 nitrogen and oxygen atoms in total. The Labute approximate surface area is 81.2 Å². The number of hydrogen-bond donors (Lipinski definition) is 2. The van der Waals surface area contributed by atoms with Crippen LogP contribution in [0, 0.1) is 5.82 Å². The fourth-order valence-corrected chi connectivity index (χ4v) is 1.07. The number of benzene rings is 1. The van der Waals surface area contributed by atoms with Gasteiger partial charge in [-0.2, -0.15) is 0 Å². The number of anilines is 2. The molecule has 0 amide bonds. The molecule has 0 aromatic heterocycles. The molecule has 13 heavy (non-hydrogen) atoms. The quantitative estimate of drug-likeness (QED) is 0.570. The van der Waals surface area contributed by atoms with Crippen LogP contribution in [0.15, 0.2) is 12.1 Å². The maximum absolute atomic E-state index is 13.0. The molecule has 3 N–H and O–H groups in total. The lowest BCUT2D eigenvalue weighted by molar-refractivity contribution is 0.495. The predicted molar refractivity (Wildman–Crippen MR) is 53.1 cm³/mol. The van der Waals surface area contributed by atoms with Crippen LogP contribution in [0.2, 0.25) is 5.02 Å². The first-order valence-corrected chi connectivity index (χ1v) is 4.07. The molecule has 5 heteroatoms. The minimum absolute atomic E-state index is 0.0295. The van der Waals surface area contributed by atoms with Gasteiger partial charge in [-0.1, -0.05) is 11.6 Å². The fourth-order valence-electron chi connectivity index (χ4n) is 0.900. The van der Waals surface area contributed by atoms with Crippen LogP contribution in [-0.2, 0) is 0 Å². The van der Waals surface area contributed by atoms with Gasteiger partial charge >= 0.3 is 0 Å². The Morgan fingerprint density at radius 1 is 1.46 bits per heavy atom. The van der Waals surface area contributed by atoms with Crippen molar-refractivity contribution < 1.29 is 4.39 Å². The Morgan fingerprint density at radius 3 is 2.62 bits per heavy atom. The summed E-state index contributed by atoms with van der Waals surface area (Å²) in [7, 11) is 3.57. The lowest BCUT2D eigenvalue weighted by Gasteiger charge is -2.15. The van der Waals surface area contributed by atoms with E-state index in [1.54, 1.807) is 19.1 Å². The van der Waals surface area contributed by atoms with E-state index >= 15 is 0 Å². The van der Waals surface area contributed by atoms with Gasteiger partial charge in [0, 0.05) is 20.2 Å². The molecule has 1 rings (SSSR count). The third kappa shape index (κ3) is 2.47. The lowest BCUT2D eigenvalue weighted by Crippen LogP contribution is -2.20. The normalized spacial score (nSPS) is 10.5. The van der Waals surface area contributed by atoms with Crippen LogP contribution in [0.25, 0.3) is 0 Å². The van der Waals surface area contributed by atoms with E-state index in [4.69, 9.17) is 17.3 Å². The molecule has 0 aliphatic rings. The van der Waals surface area contributed by atoms with Gasteiger partial charge in [-0.3, -0.25) is 0 Å². The van der Waals surface area contributed by atoms with Gasteiger partial charge in [-0.15, -0.1) is 0 Å². The summed E-state index contributed by atoms with van der Waals surface area (Å²) in [6.07, 6.45) is 0. The van der Waals surface area contributed by atoms with E-state index in [2.05, 4.69) is 5.43 Å². The zero-order valence-electron chi connectivity index (χ0n) is 7.44. The summed E-state index contributed by atoms with van der Waals surface area (Å²) in [5.74, 6) is -0.486. The van der Waals surface area contributed by atoms with Crippen LogP contribution < -0.4 is 11.2 Å². The van der Waals surface area contributed by atoms with E-state index in [-0.39, 0.29) is 5.02 Å². The van der Waals surface area contributed by atoms with Crippen molar-refractivity contribution in [3.8, 4) is 0 Å². The first-order valence-electron chi connectivity index (χ1n) is 3.69. The molecule has 0 aliphatic heterocycles. The molecule has 0 spiro atoms. The van der Waals surface area contributed by atoms with Crippen LogP contribution in [0.5, 0.6) is 0 Å². The van der Waals surface area contributed by atoms with E-state index in [1.807, 2.05) is 0 Å². The lowest BCUT2D eigenvalue weighted by atomic mass is 10.2. The molecule has 0 saturated heterocycles. The van der Waals surface area contributed by atoms with Crippen molar-refractivity contribution in [2.24, 2.45) is 0 Å². The fraction of sp³-hybridized carbons (Fsp3) is 0.250. The van der Waals surface area contributed by atoms with Gasteiger partial charge in [0.2, 0.25) is 0 Å². The molecular formula is C8H11ClFN3. The average Bonchev–Trinajstić information content (AvgIpc) is 1.99. The Kier molecular flexibility index (Phi) is 2.95. The summed E-state index contributed by atoms with van der Waals surface area (Å²) in [5.41, 5.74) is 9.37. The van der Waals surface area contributed by atoms with Crippen molar-refractivity contribution in [2.45, 2.75) is 0 Å². The van der Waals surface area contributed by atoms with Gasteiger partial charge in [0.25, 0.3) is 0 Å². The number of nitrogen functional groups attached to an aromatic ring is 1. The highest BCUT2D eigenvalue weighted by Gasteiger charge is 2.05. The summed E-state index contributed by atoms with van der Waals surface area (Å²) in [6, 6.07) is 2.64. The molecule has 0 saturated carbocycles. The average molecular weight is 204 g/mol. The highest BCUT2D eigenvalue weighted by atomic mass is 35.5. The standard InChI is InChI=1S/C8H11ClFN3/c1-13(2)12-8-4-6(10)5(9)3-7(8)11/h3-4,12H,11H2,1-2H3. The van der Waals surface area contributed by atoms with Gasteiger partial charge in [-0.05, 0) is 6.07 Å². The number of nitrogens with two attached hydrogens (primary N) is 1. The topological polar surface area (TPSA) is 41.3 Å². The Hall–Kier alpha value is -1.00. The first-order chi connectivity index (χ1) is 6.00.